The molecule has 0 amide bonds. The second-order valence-electron chi connectivity index (χ2n) is 11.7. The topological polar surface area (TPSA) is 9.23 Å². The molecule has 0 aromatic heterocycles. The summed E-state index contributed by atoms with van der Waals surface area (Å²) in [6.07, 6.45) is 17.5. The Labute approximate surface area is 182 Å². The van der Waals surface area contributed by atoms with Gasteiger partial charge in [-0.15, -0.1) is 0 Å². The maximum absolute atomic E-state index is 6.62. The summed E-state index contributed by atoms with van der Waals surface area (Å²) in [5.41, 5.74) is 2.94. The third kappa shape index (κ3) is 3.63. The van der Waals surface area contributed by atoms with Crippen LogP contribution in [0.4, 0.5) is 0 Å². The molecule has 2 heteroatoms. The van der Waals surface area contributed by atoms with Gasteiger partial charge in [0.1, 0.15) is 0 Å². The molecule has 0 aromatic carbocycles. The largest absolute Gasteiger partial charge is 0.413 e. The molecule has 4 rings (SSSR count). The van der Waals surface area contributed by atoms with Crippen molar-refractivity contribution in [2.75, 3.05) is 6.61 Å². The van der Waals surface area contributed by atoms with Gasteiger partial charge in [0, 0.05) is 0 Å². The summed E-state index contributed by atoms with van der Waals surface area (Å²) in [5.74, 6) is 4.03. The van der Waals surface area contributed by atoms with E-state index in [1.165, 1.54) is 82.3 Å². The summed E-state index contributed by atoms with van der Waals surface area (Å²) in [6.45, 7) is 13.3. The van der Waals surface area contributed by atoms with Gasteiger partial charge in [-0.1, -0.05) is 59.1 Å². The van der Waals surface area contributed by atoms with Crippen LogP contribution >= 0.6 is 0 Å². The van der Waals surface area contributed by atoms with Gasteiger partial charge < -0.3 is 4.43 Å². The summed E-state index contributed by atoms with van der Waals surface area (Å²) in [6, 6.07) is 3.81. The smallest absolute Gasteiger partial charge is 0.192 e. The van der Waals surface area contributed by atoms with E-state index in [2.05, 4.69) is 40.7 Å². The molecule has 1 nitrogen and oxygen atoms in total. The number of rotatable bonds is 6. The molecule has 0 spiro atoms. The van der Waals surface area contributed by atoms with E-state index in [9.17, 15) is 0 Å². The molecule has 1 unspecified atom stereocenters. The van der Waals surface area contributed by atoms with Crippen LogP contribution in [-0.4, -0.2) is 14.9 Å². The minimum absolute atomic E-state index is 0.483. The lowest BCUT2D eigenvalue weighted by Gasteiger charge is -2.60. The third-order valence-corrected chi connectivity index (χ3v) is 15.7. The van der Waals surface area contributed by atoms with Crippen LogP contribution < -0.4 is 0 Å². The SMILES string of the molecule is CC[Si](CC)(CC)OCC=C1CC[C@H]2[C@@H]3CCC4CCCC[C@]4(C)[C@H]3CC[C@]12C. The predicted octanol–water partition coefficient (Wildman–Crippen LogP) is 8.37. The second kappa shape index (κ2) is 8.45. The quantitative estimate of drug-likeness (QED) is 0.312. The van der Waals surface area contributed by atoms with Crippen molar-refractivity contribution >= 4 is 8.32 Å². The van der Waals surface area contributed by atoms with Gasteiger partial charge in [0.05, 0.1) is 6.61 Å². The van der Waals surface area contributed by atoms with Crippen LogP contribution in [0.15, 0.2) is 11.6 Å². The third-order valence-electron chi connectivity index (χ3n) is 11.1. The second-order valence-corrected chi connectivity index (χ2v) is 16.5. The van der Waals surface area contributed by atoms with Crippen molar-refractivity contribution in [3.05, 3.63) is 11.6 Å². The molecular weight excluding hydrogens is 368 g/mol. The summed E-state index contributed by atoms with van der Waals surface area (Å²) in [7, 11) is -1.46. The Morgan fingerprint density at radius 2 is 1.66 bits per heavy atom. The fraction of sp³-hybridized carbons (Fsp3) is 0.926. The fourth-order valence-electron chi connectivity index (χ4n) is 8.85. The summed E-state index contributed by atoms with van der Waals surface area (Å²) in [5, 5.41) is 0. The lowest BCUT2D eigenvalue weighted by Crippen LogP contribution is -2.52. The average molecular weight is 417 g/mol. The Hall–Kier alpha value is -0.0831. The van der Waals surface area contributed by atoms with E-state index in [-0.39, 0.29) is 0 Å². The summed E-state index contributed by atoms with van der Waals surface area (Å²) >= 11 is 0. The van der Waals surface area contributed by atoms with Crippen LogP contribution in [-0.2, 0) is 4.43 Å². The number of hydrogen-bond donors (Lipinski definition) is 0. The molecule has 166 valence electrons. The highest BCUT2D eigenvalue weighted by Gasteiger charge is 2.58. The molecule has 29 heavy (non-hydrogen) atoms. The lowest BCUT2D eigenvalue weighted by atomic mass is 9.45. The molecule has 0 aliphatic heterocycles. The molecule has 4 saturated carbocycles. The maximum Gasteiger partial charge on any atom is 0.192 e. The number of fused-ring (bicyclic) bond motifs is 5. The first-order valence-corrected chi connectivity index (χ1v) is 15.8. The maximum atomic E-state index is 6.62. The van der Waals surface area contributed by atoms with Crippen molar-refractivity contribution in [1.82, 2.24) is 0 Å². The van der Waals surface area contributed by atoms with Gasteiger partial charge in [0.15, 0.2) is 8.32 Å². The van der Waals surface area contributed by atoms with Gasteiger partial charge in [-0.2, -0.15) is 0 Å². The highest BCUT2D eigenvalue weighted by molar-refractivity contribution is 6.73. The highest BCUT2D eigenvalue weighted by Crippen LogP contribution is 2.67. The average Bonchev–Trinajstić information content (AvgIpc) is 3.07. The normalized spacial score (nSPS) is 43.7. The molecule has 0 heterocycles. The molecule has 0 N–H and O–H groups in total. The highest BCUT2D eigenvalue weighted by atomic mass is 28.4. The molecule has 4 aliphatic carbocycles. The van der Waals surface area contributed by atoms with E-state index < -0.39 is 8.32 Å². The molecule has 6 atom stereocenters. The molecule has 4 aliphatic rings. The zero-order valence-corrected chi connectivity index (χ0v) is 21.2. The van der Waals surface area contributed by atoms with Gasteiger partial charge >= 0.3 is 0 Å². The Balaban J connectivity index is 1.48. The molecular formula is C27H48OSi. The van der Waals surface area contributed by atoms with E-state index in [0.717, 1.165) is 30.3 Å². The molecule has 4 fully saturated rings. The van der Waals surface area contributed by atoms with Crippen molar-refractivity contribution < 1.29 is 4.43 Å². The first kappa shape index (κ1) is 22.1. The van der Waals surface area contributed by atoms with Crippen molar-refractivity contribution in [2.24, 2.45) is 34.5 Å². The number of hydrogen-bond acceptors (Lipinski definition) is 1. The lowest BCUT2D eigenvalue weighted by molar-refractivity contribution is -0.0973. The van der Waals surface area contributed by atoms with E-state index in [1.54, 1.807) is 5.57 Å². The predicted molar refractivity (Wildman–Crippen MR) is 128 cm³/mol. The fourth-order valence-corrected chi connectivity index (χ4v) is 11.4. The van der Waals surface area contributed by atoms with Gasteiger partial charge in [-0.3, -0.25) is 0 Å². The Bertz CT molecular complexity index is 599. The van der Waals surface area contributed by atoms with Gasteiger partial charge in [0.25, 0.3) is 0 Å². The van der Waals surface area contributed by atoms with Crippen LogP contribution in [0, 0.1) is 34.5 Å². The molecule has 0 radical (unpaired) electrons. The Morgan fingerprint density at radius 3 is 2.38 bits per heavy atom. The van der Waals surface area contributed by atoms with Crippen molar-refractivity contribution in [1.29, 1.82) is 0 Å². The Kier molecular flexibility index (Phi) is 6.45. The zero-order chi connectivity index (χ0) is 20.7. The minimum atomic E-state index is -1.46. The monoisotopic (exact) mass is 416 g/mol. The van der Waals surface area contributed by atoms with Gasteiger partial charge in [-0.25, -0.2) is 0 Å². The zero-order valence-electron chi connectivity index (χ0n) is 20.2. The summed E-state index contributed by atoms with van der Waals surface area (Å²) < 4.78 is 6.62. The van der Waals surface area contributed by atoms with E-state index >= 15 is 0 Å². The van der Waals surface area contributed by atoms with Crippen LogP contribution in [0.3, 0.4) is 0 Å². The van der Waals surface area contributed by atoms with Gasteiger partial charge in [0.2, 0.25) is 0 Å². The molecule has 0 saturated heterocycles. The minimum Gasteiger partial charge on any atom is -0.413 e. The van der Waals surface area contributed by atoms with Crippen molar-refractivity contribution in [3.63, 3.8) is 0 Å². The first-order valence-electron chi connectivity index (χ1n) is 13.3. The molecule has 0 aromatic rings. The van der Waals surface area contributed by atoms with E-state index in [0.29, 0.717) is 10.8 Å². The summed E-state index contributed by atoms with van der Waals surface area (Å²) in [4.78, 5) is 0. The van der Waals surface area contributed by atoms with E-state index in [1.807, 2.05) is 0 Å². The van der Waals surface area contributed by atoms with Crippen LogP contribution in [0.2, 0.25) is 18.1 Å². The van der Waals surface area contributed by atoms with Gasteiger partial charge in [-0.05, 0) is 104 Å². The van der Waals surface area contributed by atoms with Crippen LogP contribution in [0.1, 0.15) is 98.8 Å². The molecule has 0 bridgehead atoms. The van der Waals surface area contributed by atoms with E-state index in [4.69, 9.17) is 4.43 Å². The van der Waals surface area contributed by atoms with Crippen LogP contribution in [0.5, 0.6) is 0 Å². The van der Waals surface area contributed by atoms with Crippen molar-refractivity contribution in [3.8, 4) is 0 Å². The first-order chi connectivity index (χ1) is 13.9. The Morgan fingerprint density at radius 1 is 0.897 bits per heavy atom. The standard InChI is InChI=1S/C27H48OSi/c1-6-29(7-2,8-3)28-20-17-22-13-15-24-23-14-12-21-11-9-10-18-26(21,4)25(23)16-19-27(22,24)5/h17,21,23-25H,6-16,18-20H2,1-5H3/t21?,23-,24-,25-,26-,27+/m0/s1. The number of allylic oxidation sites excluding steroid dienone is 1. The van der Waals surface area contributed by atoms with Crippen molar-refractivity contribution in [2.45, 2.75) is 117 Å². The van der Waals surface area contributed by atoms with Crippen LogP contribution in [0.25, 0.3) is 0 Å².